The SMILES string of the molecule is Cc1cc2c(cc1C)N(C)C(=c1ccc3c4cc/c(=C(/C#N)CNc5cc6c(cc5C)N(C)/C(=c5/ccc7c8cc/c(=C(/C#N)C=N)cc8n(C)c7c5)N6C)cc4n(C(C)C)c3c1)N2C. The second-order valence-electron chi connectivity index (χ2n) is 18.0. The van der Waals surface area contributed by atoms with Crippen LogP contribution in [0.1, 0.15) is 36.6 Å². The standard InChI is InChI=1S/C55H52N10/c1-31(2)65-48-23-36(12-16-43(48)44-18-14-38(25-49(44)65)55-61(7)50-19-32(3)33(4)20-51(50)62(55)8)40(29-58)30-59-45-26-53-52(21-34(45)5)63(9)54(64(53)10)37-13-17-42-41-15-11-35(39(27-56)28-57)22-46(41)60(6)47(42)24-37/h11-27,31,56,59H,30H2,1-10H3/b39-35-,40-36+,54-37+,56-27?. The summed E-state index contributed by atoms with van der Waals surface area (Å²) < 4.78 is 4.58. The zero-order valence-electron chi connectivity index (χ0n) is 38.7. The average molecular weight is 853 g/mol. The molecule has 8 aromatic rings. The van der Waals surface area contributed by atoms with Gasteiger partial charge in [-0.15, -0.1) is 0 Å². The Morgan fingerprint density at radius 1 is 0.569 bits per heavy atom. The first-order valence-electron chi connectivity index (χ1n) is 22.1. The van der Waals surface area contributed by atoms with E-state index in [1.165, 1.54) is 38.8 Å². The Balaban J connectivity index is 0.994. The van der Waals surface area contributed by atoms with Gasteiger partial charge in [-0.25, -0.2) is 0 Å². The molecule has 6 aromatic carbocycles. The lowest BCUT2D eigenvalue weighted by atomic mass is 10.1. The highest BCUT2D eigenvalue weighted by molar-refractivity contribution is 6.11. The molecule has 10 rings (SSSR count). The average Bonchev–Trinajstić information content (AvgIpc) is 3.93. The minimum atomic E-state index is 0.194. The lowest BCUT2D eigenvalue weighted by Crippen LogP contribution is -2.28. The van der Waals surface area contributed by atoms with E-state index in [4.69, 9.17) is 5.41 Å². The van der Waals surface area contributed by atoms with Crippen molar-refractivity contribution < 1.29 is 0 Å². The summed E-state index contributed by atoms with van der Waals surface area (Å²) >= 11 is 0. The zero-order chi connectivity index (χ0) is 45.7. The first-order valence-corrected chi connectivity index (χ1v) is 22.1. The number of fused-ring (bicyclic) bond motifs is 8. The molecule has 4 heterocycles. The van der Waals surface area contributed by atoms with Crippen molar-refractivity contribution in [3.8, 4) is 12.1 Å². The highest BCUT2D eigenvalue weighted by atomic mass is 15.4. The van der Waals surface area contributed by atoms with Crippen LogP contribution < -0.4 is 45.8 Å². The van der Waals surface area contributed by atoms with E-state index >= 15 is 0 Å². The number of aryl methyl sites for hydroxylation is 4. The van der Waals surface area contributed by atoms with Crippen molar-refractivity contribution in [2.24, 2.45) is 7.05 Å². The molecular formula is C55H52N10. The highest BCUT2D eigenvalue weighted by Gasteiger charge is 2.29. The van der Waals surface area contributed by atoms with E-state index in [0.29, 0.717) is 17.7 Å². The number of hydrogen-bond donors (Lipinski definition) is 2. The summed E-state index contributed by atoms with van der Waals surface area (Å²) in [7, 11) is 10.6. The fourth-order valence-corrected chi connectivity index (χ4v) is 10.4. The summed E-state index contributed by atoms with van der Waals surface area (Å²) in [4.78, 5) is 9.09. The summed E-state index contributed by atoms with van der Waals surface area (Å²) in [6, 6.07) is 39.7. The molecule has 0 unspecified atom stereocenters. The Hall–Kier alpha value is -7.95. The summed E-state index contributed by atoms with van der Waals surface area (Å²) in [6.07, 6.45) is 1.11. The molecule has 0 spiro atoms. The van der Waals surface area contributed by atoms with Gasteiger partial charge in [-0.1, -0.05) is 48.5 Å². The highest BCUT2D eigenvalue weighted by Crippen LogP contribution is 2.44. The molecule has 0 saturated carbocycles. The van der Waals surface area contributed by atoms with E-state index in [2.05, 4.69) is 195 Å². The van der Waals surface area contributed by atoms with Gasteiger partial charge in [0, 0.05) is 102 Å². The Morgan fingerprint density at radius 2 is 1.02 bits per heavy atom. The van der Waals surface area contributed by atoms with Crippen LogP contribution >= 0.6 is 0 Å². The topological polar surface area (TPSA) is 106 Å². The van der Waals surface area contributed by atoms with Crippen LogP contribution in [0.2, 0.25) is 0 Å². The van der Waals surface area contributed by atoms with Crippen molar-refractivity contribution in [2.45, 2.75) is 40.7 Å². The van der Waals surface area contributed by atoms with Gasteiger partial charge in [0.25, 0.3) is 0 Å². The van der Waals surface area contributed by atoms with Crippen LogP contribution in [0, 0.1) is 48.8 Å². The minimum absolute atomic E-state index is 0.194. The first-order chi connectivity index (χ1) is 31.2. The van der Waals surface area contributed by atoms with Gasteiger partial charge in [0.2, 0.25) is 0 Å². The van der Waals surface area contributed by atoms with Crippen molar-refractivity contribution in [1.29, 1.82) is 15.9 Å². The zero-order valence-corrected chi connectivity index (χ0v) is 38.7. The number of hydrogen-bond acceptors (Lipinski definition) is 8. The van der Waals surface area contributed by atoms with Crippen LogP contribution in [0.3, 0.4) is 0 Å². The molecule has 0 radical (unpaired) electrons. The summed E-state index contributed by atoms with van der Waals surface area (Å²) in [5.41, 5.74) is 14.7. The monoisotopic (exact) mass is 852 g/mol. The maximum Gasteiger partial charge on any atom is 0.120 e. The molecule has 0 bridgehead atoms. The molecule has 2 aliphatic heterocycles. The molecule has 10 heteroatoms. The molecular weight excluding hydrogens is 801 g/mol. The Kier molecular flexibility index (Phi) is 9.55. The third-order valence-corrected chi connectivity index (χ3v) is 14.0. The molecule has 65 heavy (non-hydrogen) atoms. The molecule has 0 fully saturated rings. The van der Waals surface area contributed by atoms with Crippen molar-refractivity contribution in [1.82, 2.24) is 9.13 Å². The fraction of sp³-hybridized carbons (Fsp3) is 0.218. The van der Waals surface area contributed by atoms with Gasteiger partial charge >= 0.3 is 0 Å². The number of rotatable bonds is 5. The minimum Gasteiger partial charge on any atom is -0.380 e. The van der Waals surface area contributed by atoms with Crippen molar-refractivity contribution in [2.75, 3.05) is 59.7 Å². The van der Waals surface area contributed by atoms with Crippen LogP contribution in [-0.2, 0) is 7.05 Å². The van der Waals surface area contributed by atoms with E-state index in [1.807, 2.05) is 18.2 Å². The number of nitrogens with one attached hydrogen (secondary N) is 2. The molecule has 0 atom stereocenters. The molecule has 2 N–H and O–H groups in total. The third-order valence-electron chi connectivity index (χ3n) is 14.0. The van der Waals surface area contributed by atoms with Crippen LogP contribution in [-0.4, -0.2) is 50.1 Å². The Morgan fingerprint density at radius 3 is 1.54 bits per heavy atom. The lowest BCUT2D eigenvalue weighted by molar-refractivity contribution is 0.642. The number of aromatic nitrogens is 2. The molecule has 2 aromatic heterocycles. The molecule has 0 saturated heterocycles. The lowest BCUT2D eigenvalue weighted by Gasteiger charge is -2.19. The second kappa shape index (κ2) is 15.1. The summed E-state index contributed by atoms with van der Waals surface area (Å²) in [5.74, 6) is 2.22. The van der Waals surface area contributed by atoms with Gasteiger partial charge in [0.15, 0.2) is 0 Å². The maximum absolute atomic E-state index is 10.6. The Bertz CT molecular complexity index is 3720. The van der Waals surface area contributed by atoms with Crippen LogP contribution in [0.15, 0.2) is 97.1 Å². The van der Waals surface area contributed by atoms with Crippen molar-refractivity contribution >= 4 is 101 Å². The fourth-order valence-electron chi connectivity index (χ4n) is 10.4. The van der Waals surface area contributed by atoms with E-state index in [9.17, 15) is 10.5 Å². The second-order valence-corrected chi connectivity index (χ2v) is 18.0. The summed E-state index contributed by atoms with van der Waals surface area (Å²) in [6.45, 7) is 11.3. The van der Waals surface area contributed by atoms with Gasteiger partial charge in [-0.3, -0.25) is 0 Å². The van der Waals surface area contributed by atoms with Gasteiger partial charge in [-0.2, -0.15) is 10.5 Å². The normalized spacial score (nSPS) is 15.4. The van der Waals surface area contributed by atoms with Crippen LogP contribution in [0.4, 0.5) is 28.4 Å². The number of anilines is 5. The van der Waals surface area contributed by atoms with Gasteiger partial charge < -0.3 is 39.5 Å². The van der Waals surface area contributed by atoms with E-state index < -0.39 is 0 Å². The largest absolute Gasteiger partial charge is 0.380 e. The smallest absolute Gasteiger partial charge is 0.120 e. The van der Waals surface area contributed by atoms with Crippen LogP contribution in [0.5, 0.6) is 0 Å². The van der Waals surface area contributed by atoms with Crippen LogP contribution in [0.25, 0.3) is 66.4 Å². The van der Waals surface area contributed by atoms with Gasteiger partial charge in [0.05, 0.1) is 52.0 Å². The van der Waals surface area contributed by atoms with Gasteiger partial charge in [-0.05, 0) is 110 Å². The molecule has 10 nitrogen and oxygen atoms in total. The molecule has 2 aliphatic rings. The van der Waals surface area contributed by atoms with Crippen molar-refractivity contribution in [3.63, 3.8) is 0 Å². The number of nitrogens with zero attached hydrogens (tertiary/aromatic N) is 8. The van der Waals surface area contributed by atoms with E-state index in [1.54, 1.807) is 0 Å². The number of benzene rings is 6. The predicted molar refractivity (Wildman–Crippen MR) is 272 cm³/mol. The molecule has 0 aliphatic carbocycles. The van der Waals surface area contributed by atoms with Gasteiger partial charge in [0.1, 0.15) is 17.7 Å². The molecule has 322 valence electrons. The maximum atomic E-state index is 10.6. The van der Waals surface area contributed by atoms with E-state index in [-0.39, 0.29) is 6.04 Å². The summed E-state index contributed by atoms with van der Waals surface area (Å²) in [5, 5.41) is 40.0. The first kappa shape index (κ1) is 41.1. The number of nitriles is 2. The van der Waals surface area contributed by atoms with E-state index in [0.717, 1.165) is 88.7 Å². The predicted octanol–water partition coefficient (Wildman–Crippen LogP) is 8.36. The molecule has 0 amide bonds. The third kappa shape index (κ3) is 6.16. The quantitative estimate of drug-likeness (QED) is 0.168. The Labute approximate surface area is 378 Å². The van der Waals surface area contributed by atoms with Crippen molar-refractivity contribution in [3.05, 3.63) is 135 Å².